The quantitative estimate of drug-likeness (QED) is 0.558. The lowest BCUT2D eigenvalue weighted by Crippen LogP contribution is -2.41. The Balaban J connectivity index is 2.44. The molecule has 0 aliphatic rings. The molecule has 1 aromatic rings. The van der Waals surface area contributed by atoms with Crippen molar-refractivity contribution in [1.82, 2.24) is 10.2 Å². The summed E-state index contributed by atoms with van der Waals surface area (Å²) in [6, 6.07) is 9.16. The Morgan fingerprint density at radius 2 is 1.86 bits per heavy atom. The van der Waals surface area contributed by atoms with E-state index in [2.05, 4.69) is 49.9 Å². The van der Waals surface area contributed by atoms with Crippen molar-refractivity contribution in [2.75, 3.05) is 19.7 Å². The minimum Gasteiger partial charge on any atom is -0.481 e. The molecule has 116 valence electrons. The van der Waals surface area contributed by atoms with Crippen LogP contribution in [0.4, 0.5) is 0 Å². The fourth-order valence-corrected chi connectivity index (χ4v) is 2.45. The van der Waals surface area contributed by atoms with Gasteiger partial charge in [-0.05, 0) is 33.8 Å². The minimum absolute atomic E-state index is 0.311. The lowest BCUT2D eigenvalue weighted by molar-refractivity contribution is 0.175. The topological polar surface area (TPSA) is 24.5 Å². The second kappa shape index (κ2) is 9.44. The van der Waals surface area contributed by atoms with Crippen LogP contribution in [0.2, 0.25) is 0 Å². The number of nitrogens with zero attached hydrogens (tertiary/aromatic N) is 1. The lowest BCUT2D eigenvalue weighted by atomic mass is 10.2. The predicted molar refractivity (Wildman–Crippen MR) is 89.5 cm³/mol. The molecular formula is C18H28N2O. The van der Waals surface area contributed by atoms with Gasteiger partial charge < -0.3 is 10.1 Å². The van der Waals surface area contributed by atoms with Crippen molar-refractivity contribution < 1.29 is 4.74 Å². The summed E-state index contributed by atoms with van der Waals surface area (Å²) in [7, 11) is 0. The summed E-state index contributed by atoms with van der Waals surface area (Å²) in [5.41, 5.74) is 1.15. The molecule has 0 saturated heterocycles. The average Bonchev–Trinajstić information content (AvgIpc) is 2.45. The summed E-state index contributed by atoms with van der Waals surface area (Å²) in [6.45, 7) is 12.1. The second-order valence-electron chi connectivity index (χ2n) is 5.70. The van der Waals surface area contributed by atoms with Gasteiger partial charge in [0.25, 0.3) is 0 Å². The van der Waals surface area contributed by atoms with E-state index in [0.717, 1.165) is 30.9 Å². The molecule has 3 heteroatoms. The molecule has 0 amide bonds. The summed E-state index contributed by atoms with van der Waals surface area (Å²) < 4.78 is 5.55. The summed E-state index contributed by atoms with van der Waals surface area (Å²) in [5.74, 6) is 3.37. The predicted octanol–water partition coefficient (Wildman–Crippen LogP) is 2.91. The number of rotatable bonds is 9. The Morgan fingerprint density at radius 1 is 1.19 bits per heavy atom. The fraction of sp³-hybridized carbons (Fsp3) is 0.556. The van der Waals surface area contributed by atoms with Gasteiger partial charge >= 0.3 is 0 Å². The monoisotopic (exact) mass is 288 g/mol. The first-order chi connectivity index (χ1) is 10.1. The number of hydrogen-bond donors (Lipinski definition) is 1. The van der Waals surface area contributed by atoms with E-state index < -0.39 is 0 Å². The van der Waals surface area contributed by atoms with Gasteiger partial charge in [-0.15, -0.1) is 6.42 Å². The zero-order valence-electron chi connectivity index (χ0n) is 13.7. The second-order valence-corrected chi connectivity index (χ2v) is 5.70. The molecule has 21 heavy (non-hydrogen) atoms. The lowest BCUT2D eigenvalue weighted by Gasteiger charge is -2.30. The van der Waals surface area contributed by atoms with E-state index in [1.54, 1.807) is 0 Å². The third-order valence-electron chi connectivity index (χ3n) is 3.47. The van der Waals surface area contributed by atoms with Crippen LogP contribution in [0.3, 0.4) is 0 Å². The van der Waals surface area contributed by atoms with Gasteiger partial charge in [-0.1, -0.05) is 24.1 Å². The highest BCUT2D eigenvalue weighted by Gasteiger charge is 2.12. The van der Waals surface area contributed by atoms with Crippen LogP contribution in [0.5, 0.6) is 5.75 Å². The maximum absolute atomic E-state index is 5.55. The molecule has 0 atom stereocenters. The van der Waals surface area contributed by atoms with E-state index in [1.165, 1.54) is 0 Å². The van der Waals surface area contributed by atoms with Gasteiger partial charge in [-0.3, -0.25) is 4.90 Å². The van der Waals surface area contributed by atoms with E-state index in [1.807, 2.05) is 18.2 Å². The van der Waals surface area contributed by atoms with Crippen molar-refractivity contribution in [3.63, 3.8) is 0 Å². The standard InChI is InChI=1S/C18H28N2O/c1-6-13-21-18-10-8-7-9-17(18)14-19-11-12-20(15(2)3)16(4)5/h1,7-10,15-16,19H,11-14H2,2-5H3. The van der Waals surface area contributed by atoms with Crippen LogP contribution < -0.4 is 10.1 Å². The molecule has 0 radical (unpaired) electrons. The highest BCUT2D eigenvalue weighted by Crippen LogP contribution is 2.17. The van der Waals surface area contributed by atoms with E-state index >= 15 is 0 Å². The Kier molecular flexibility index (Phi) is 7.89. The smallest absolute Gasteiger partial charge is 0.148 e. The van der Waals surface area contributed by atoms with E-state index in [4.69, 9.17) is 11.2 Å². The Hall–Kier alpha value is -1.50. The molecule has 0 heterocycles. The molecule has 0 aliphatic carbocycles. The summed E-state index contributed by atoms with van der Waals surface area (Å²) >= 11 is 0. The number of benzene rings is 1. The molecule has 1 aromatic carbocycles. The van der Waals surface area contributed by atoms with Crippen molar-refractivity contribution in [3.8, 4) is 18.1 Å². The van der Waals surface area contributed by atoms with Crippen molar-refractivity contribution in [2.45, 2.75) is 46.3 Å². The van der Waals surface area contributed by atoms with Crippen molar-refractivity contribution in [2.24, 2.45) is 0 Å². The molecule has 0 fully saturated rings. The third kappa shape index (κ3) is 6.20. The number of terminal acetylenes is 1. The SMILES string of the molecule is C#CCOc1ccccc1CNCCN(C(C)C)C(C)C. The van der Waals surface area contributed by atoms with Crippen LogP contribution in [-0.2, 0) is 6.54 Å². The third-order valence-corrected chi connectivity index (χ3v) is 3.47. The van der Waals surface area contributed by atoms with Gasteiger partial charge in [-0.2, -0.15) is 0 Å². The average molecular weight is 288 g/mol. The normalized spacial score (nSPS) is 11.1. The molecule has 0 spiro atoms. The van der Waals surface area contributed by atoms with Gasteiger partial charge in [0.2, 0.25) is 0 Å². The van der Waals surface area contributed by atoms with Gasteiger partial charge in [0, 0.05) is 37.3 Å². The largest absolute Gasteiger partial charge is 0.481 e. The van der Waals surface area contributed by atoms with Gasteiger partial charge in [0.1, 0.15) is 12.4 Å². The number of hydrogen-bond acceptors (Lipinski definition) is 3. The van der Waals surface area contributed by atoms with E-state index in [9.17, 15) is 0 Å². The van der Waals surface area contributed by atoms with Crippen LogP contribution in [0, 0.1) is 12.3 Å². The number of ether oxygens (including phenoxy) is 1. The fourth-order valence-electron chi connectivity index (χ4n) is 2.45. The van der Waals surface area contributed by atoms with Crippen LogP contribution >= 0.6 is 0 Å². The molecule has 0 unspecified atom stereocenters. The van der Waals surface area contributed by atoms with Gasteiger partial charge in [0.05, 0.1) is 0 Å². The van der Waals surface area contributed by atoms with Crippen LogP contribution in [0.15, 0.2) is 24.3 Å². The first kappa shape index (κ1) is 17.6. The van der Waals surface area contributed by atoms with Crippen molar-refractivity contribution in [1.29, 1.82) is 0 Å². The summed E-state index contributed by atoms with van der Waals surface area (Å²) in [6.07, 6.45) is 5.24. The molecule has 3 nitrogen and oxygen atoms in total. The summed E-state index contributed by atoms with van der Waals surface area (Å²) in [5, 5.41) is 3.49. The molecule has 1 N–H and O–H groups in total. The molecule has 0 aliphatic heterocycles. The van der Waals surface area contributed by atoms with Crippen LogP contribution in [-0.4, -0.2) is 36.7 Å². The van der Waals surface area contributed by atoms with Crippen LogP contribution in [0.1, 0.15) is 33.3 Å². The zero-order valence-corrected chi connectivity index (χ0v) is 13.7. The molecule has 0 bridgehead atoms. The molecular weight excluding hydrogens is 260 g/mol. The molecule has 0 saturated carbocycles. The summed E-state index contributed by atoms with van der Waals surface area (Å²) in [4.78, 5) is 2.48. The van der Waals surface area contributed by atoms with Gasteiger partial charge in [0.15, 0.2) is 0 Å². The Morgan fingerprint density at radius 3 is 2.48 bits per heavy atom. The Labute approximate surface area is 129 Å². The van der Waals surface area contributed by atoms with Crippen molar-refractivity contribution in [3.05, 3.63) is 29.8 Å². The molecule has 1 rings (SSSR count). The zero-order chi connectivity index (χ0) is 15.7. The highest BCUT2D eigenvalue weighted by atomic mass is 16.5. The maximum Gasteiger partial charge on any atom is 0.148 e. The van der Waals surface area contributed by atoms with E-state index in [0.29, 0.717) is 18.7 Å². The Bertz CT molecular complexity index is 441. The van der Waals surface area contributed by atoms with E-state index in [-0.39, 0.29) is 0 Å². The number of nitrogens with one attached hydrogen (secondary N) is 1. The molecule has 0 aromatic heterocycles. The van der Waals surface area contributed by atoms with Crippen molar-refractivity contribution >= 4 is 0 Å². The maximum atomic E-state index is 5.55. The van der Waals surface area contributed by atoms with Crippen LogP contribution in [0.25, 0.3) is 0 Å². The van der Waals surface area contributed by atoms with Gasteiger partial charge in [-0.25, -0.2) is 0 Å². The first-order valence-electron chi connectivity index (χ1n) is 7.67. The number of para-hydroxylation sites is 1. The first-order valence-corrected chi connectivity index (χ1v) is 7.67. The minimum atomic E-state index is 0.311. The highest BCUT2D eigenvalue weighted by molar-refractivity contribution is 5.33.